The average Bonchev–Trinajstić information content (AvgIpc) is 2.94. The standard InChI is InChI=1S/C7H7F.C4H9N/c1-6-4-2-3-5-7(6)8;1-5-4-2-3-4/h2-5H,1H3;4-5H,2-3H2,1H3. The summed E-state index contributed by atoms with van der Waals surface area (Å²) in [6.45, 7) is 1.75. The minimum absolute atomic E-state index is 0.132. The maximum Gasteiger partial charge on any atom is 0.126 e. The number of aryl methyl sites for hydroxylation is 1. The predicted octanol–water partition coefficient (Wildman–Crippen LogP) is 2.50. The molecule has 72 valence electrons. The Bertz CT molecular complexity index is 235. The van der Waals surface area contributed by atoms with Gasteiger partial charge in [-0.05, 0) is 38.4 Å². The average molecular weight is 181 g/mol. The highest BCUT2D eigenvalue weighted by molar-refractivity contribution is 5.14. The zero-order valence-electron chi connectivity index (χ0n) is 8.18. The summed E-state index contributed by atoms with van der Waals surface area (Å²) >= 11 is 0. The van der Waals surface area contributed by atoms with Crippen LogP contribution in [0.3, 0.4) is 0 Å². The van der Waals surface area contributed by atoms with Gasteiger partial charge in [0, 0.05) is 6.04 Å². The molecule has 0 spiro atoms. The normalized spacial score (nSPS) is 14.7. The molecule has 2 heteroatoms. The molecule has 0 unspecified atom stereocenters. The molecule has 13 heavy (non-hydrogen) atoms. The van der Waals surface area contributed by atoms with Gasteiger partial charge in [0.05, 0.1) is 0 Å². The molecule has 1 aliphatic rings. The Kier molecular flexibility index (Phi) is 3.90. The van der Waals surface area contributed by atoms with Crippen LogP contribution in [0.2, 0.25) is 0 Å². The Morgan fingerprint density at radius 3 is 2.15 bits per heavy atom. The van der Waals surface area contributed by atoms with Crippen LogP contribution in [0, 0.1) is 12.7 Å². The topological polar surface area (TPSA) is 12.0 Å². The largest absolute Gasteiger partial charge is 0.317 e. The number of nitrogens with one attached hydrogen (secondary N) is 1. The smallest absolute Gasteiger partial charge is 0.126 e. The van der Waals surface area contributed by atoms with E-state index in [2.05, 4.69) is 5.32 Å². The van der Waals surface area contributed by atoms with Crippen molar-refractivity contribution in [3.8, 4) is 0 Å². The van der Waals surface area contributed by atoms with Crippen LogP contribution < -0.4 is 5.32 Å². The zero-order chi connectivity index (χ0) is 9.68. The lowest BCUT2D eigenvalue weighted by molar-refractivity contribution is 0.618. The quantitative estimate of drug-likeness (QED) is 0.702. The number of hydrogen-bond acceptors (Lipinski definition) is 1. The molecule has 0 bridgehead atoms. The molecular weight excluding hydrogens is 165 g/mol. The van der Waals surface area contributed by atoms with Gasteiger partial charge in [0.25, 0.3) is 0 Å². The van der Waals surface area contributed by atoms with E-state index in [9.17, 15) is 4.39 Å². The highest BCUT2D eigenvalue weighted by atomic mass is 19.1. The Labute approximate surface area is 79.0 Å². The Hall–Kier alpha value is -0.890. The lowest BCUT2D eigenvalue weighted by Gasteiger charge is -1.89. The molecule has 0 aliphatic heterocycles. The van der Waals surface area contributed by atoms with Gasteiger partial charge >= 0.3 is 0 Å². The first-order valence-corrected chi connectivity index (χ1v) is 4.62. The van der Waals surface area contributed by atoms with Gasteiger partial charge in [-0.3, -0.25) is 0 Å². The third-order valence-electron chi connectivity index (χ3n) is 2.06. The molecule has 1 nitrogen and oxygen atoms in total. The SMILES string of the molecule is CNC1CC1.Cc1ccccc1F. The Morgan fingerprint density at radius 2 is 1.92 bits per heavy atom. The molecular formula is C11H16FN. The number of rotatable bonds is 1. The van der Waals surface area contributed by atoms with Crippen molar-refractivity contribution in [3.63, 3.8) is 0 Å². The molecule has 1 aromatic carbocycles. The lowest BCUT2D eigenvalue weighted by Crippen LogP contribution is -2.06. The molecule has 1 saturated carbocycles. The zero-order valence-corrected chi connectivity index (χ0v) is 8.18. The molecule has 0 amide bonds. The van der Waals surface area contributed by atoms with Crippen molar-refractivity contribution in [3.05, 3.63) is 35.6 Å². The maximum atomic E-state index is 12.3. The van der Waals surface area contributed by atoms with Crippen LogP contribution in [0.1, 0.15) is 18.4 Å². The summed E-state index contributed by atoms with van der Waals surface area (Å²) < 4.78 is 12.3. The second-order valence-electron chi connectivity index (χ2n) is 3.31. The van der Waals surface area contributed by atoms with Gasteiger partial charge in [0.1, 0.15) is 5.82 Å². The van der Waals surface area contributed by atoms with Crippen molar-refractivity contribution in [2.75, 3.05) is 7.05 Å². The number of hydrogen-bond donors (Lipinski definition) is 1. The van der Waals surface area contributed by atoms with Crippen molar-refractivity contribution < 1.29 is 4.39 Å². The van der Waals surface area contributed by atoms with E-state index < -0.39 is 0 Å². The van der Waals surface area contributed by atoms with E-state index in [1.807, 2.05) is 13.1 Å². The molecule has 1 aliphatic carbocycles. The number of benzene rings is 1. The molecule has 0 aromatic heterocycles. The van der Waals surface area contributed by atoms with Crippen molar-refractivity contribution in [1.82, 2.24) is 5.32 Å². The monoisotopic (exact) mass is 181 g/mol. The number of halogens is 1. The van der Waals surface area contributed by atoms with Crippen LogP contribution in [0.25, 0.3) is 0 Å². The fourth-order valence-corrected chi connectivity index (χ4v) is 0.923. The van der Waals surface area contributed by atoms with E-state index in [0.29, 0.717) is 5.56 Å². The van der Waals surface area contributed by atoms with Gasteiger partial charge < -0.3 is 5.32 Å². The van der Waals surface area contributed by atoms with E-state index in [-0.39, 0.29) is 5.82 Å². The van der Waals surface area contributed by atoms with Crippen LogP contribution in [-0.2, 0) is 0 Å². The van der Waals surface area contributed by atoms with Gasteiger partial charge in [-0.1, -0.05) is 18.2 Å². The predicted molar refractivity (Wildman–Crippen MR) is 53.2 cm³/mol. The van der Waals surface area contributed by atoms with Crippen LogP contribution in [0.4, 0.5) is 4.39 Å². The third kappa shape index (κ3) is 4.04. The summed E-state index contributed by atoms with van der Waals surface area (Å²) in [6.07, 6.45) is 2.80. The van der Waals surface area contributed by atoms with Gasteiger partial charge in [-0.2, -0.15) is 0 Å². The van der Waals surface area contributed by atoms with Crippen LogP contribution in [-0.4, -0.2) is 13.1 Å². The van der Waals surface area contributed by atoms with Crippen molar-refractivity contribution >= 4 is 0 Å². The van der Waals surface area contributed by atoms with Crippen molar-refractivity contribution in [2.45, 2.75) is 25.8 Å². The van der Waals surface area contributed by atoms with Gasteiger partial charge in [-0.25, -0.2) is 4.39 Å². The Morgan fingerprint density at radius 1 is 1.31 bits per heavy atom. The first-order valence-electron chi connectivity index (χ1n) is 4.62. The summed E-state index contributed by atoms with van der Waals surface area (Å²) in [5, 5.41) is 3.14. The maximum absolute atomic E-state index is 12.3. The van der Waals surface area contributed by atoms with Crippen molar-refractivity contribution in [1.29, 1.82) is 0 Å². The lowest BCUT2D eigenvalue weighted by atomic mass is 10.2. The van der Waals surface area contributed by atoms with Gasteiger partial charge in [0.2, 0.25) is 0 Å². The van der Waals surface area contributed by atoms with E-state index in [1.165, 1.54) is 18.9 Å². The highest BCUT2D eigenvalue weighted by Crippen LogP contribution is 2.16. The van der Waals surface area contributed by atoms with Crippen LogP contribution in [0.5, 0.6) is 0 Å². The van der Waals surface area contributed by atoms with E-state index in [4.69, 9.17) is 0 Å². The highest BCUT2D eigenvalue weighted by Gasteiger charge is 2.17. The summed E-state index contributed by atoms with van der Waals surface area (Å²) in [5.74, 6) is -0.132. The molecule has 0 radical (unpaired) electrons. The fraction of sp³-hybridized carbons (Fsp3) is 0.455. The summed E-state index contributed by atoms with van der Waals surface area (Å²) in [4.78, 5) is 0. The molecule has 1 N–H and O–H groups in total. The molecule has 0 heterocycles. The summed E-state index contributed by atoms with van der Waals surface area (Å²) in [6, 6.07) is 7.58. The minimum Gasteiger partial charge on any atom is -0.317 e. The van der Waals surface area contributed by atoms with Crippen LogP contribution in [0.15, 0.2) is 24.3 Å². The minimum atomic E-state index is -0.132. The summed E-state index contributed by atoms with van der Waals surface area (Å²) in [5.41, 5.74) is 0.701. The molecule has 2 rings (SSSR count). The van der Waals surface area contributed by atoms with Gasteiger partial charge in [-0.15, -0.1) is 0 Å². The van der Waals surface area contributed by atoms with E-state index >= 15 is 0 Å². The van der Waals surface area contributed by atoms with Crippen LogP contribution >= 0.6 is 0 Å². The van der Waals surface area contributed by atoms with E-state index in [0.717, 1.165) is 6.04 Å². The second-order valence-corrected chi connectivity index (χ2v) is 3.31. The van der Waals surface area contributed by atoms with Gasteiger partial charge in [0.15, 0.2) is 0 Å². The van der Waals surface area contributed by atoms with E-state index in [1.54, 1.807) is 19.1 Å². The summed E-state index contributed by atoms with van der Waals surface area (Å²) in [7, 11) is 2.01. The van der Waals surface area contributed by atoms with Crippen molar-refractivity contribution in [2.24, 2.45) is 0 Å². The molecule has 1 aromatic rings. The first-order chi connectivity index (χ1) is 6.24. The fourth-order valence-electron chi connectivity index (χ4n) is 0.923. The molecule has 1 fully saturated rings. The second kappa shape index (κ2) is 4.97. The first kappa shape index (κ1) is 10.2. The molecule has 0 atom stereocenters. The third-order valence-corrected chi connectivity index (χ3v) is 2.06. The Balaban J connectivity index is 0.000000145. The molecule has 0 saturated heterocycles.